The molecule has 0 unspecified atom stereocenters. The summed E-state index contributed by atoms with van der Waals surface area (Å²) in [6.07, 6.45) is 1.10. The predicted octanol–water partition coefficient (Wildman–Crippen LogP) is 3.41. The van der Waals surface area contributed by atoms with Crippen molar-refractivity contribution in [2.24, 2.45) is 5.73 Å². The summed E-state index contributed by atoms with van der Waals surface area (Å²) in [4.78, 5) is 13.3. The highest BCUT2D eigenvalue weighted by Gasteiger charge is 2.14. The molecule has 2 N–H and O–H groups in total. The van der Waals surface area contributed by atoms with E-state index >= 15 is 0 Å². The predicted molar refractivity (Wildman–Crippen MR) is 94.5 cm³/mol. The van der Waals surface area contributed by atoms with Gasteiger partial charge >= 0.3 is 0 Å². The summed E-state index contributed by atoms with van der Waals surface area (Å²) in [6, 6.07) is 10.5. The lowest BCUT2D eigenvalue weighted by atomic mass is 10.1. The van der Waals surface area contributed by atoms with Crippen LogP contribution in [-0.2, 0) is 17.9 Å². The molecule has 4 nitrogen and oxygen atoms in total. The largest absolute Gasteiger partial charge is 0.484 e. The fraction of sp³-hybridized carbons (Fsp3) is 0.389. The number of primary amides is 1. The highest BCUT2D eigenvalue weighted by molar-refractivity contribution is 7.07. The van der Waals surface area contributed by atoms with Crippen molar-refractivity contribution in [3.05, 3.63) is 52.2 Å². The first-order chi connectivity index (χ1) is 11.1. The second kappa shape index (κ2) is 8.70. The van der Waals surface area contributed by atoms with Gasteiger partial charge in [-0.2, -0.15) is 11.3 Å². The Morgan fingerprint density at radius 1 is 1.30 bits per heavy atom. The van der Waals surface area contributed by atoms with Gasteiger partial charge < -0.3 is 10.5 Å². The van der Waals surface area contributed by atoms with Gasteiger partial charge in [-0.05, 0) is 53.4 Å². The first kappa shape index (κ1) is 17.5. The Morgan fingerprint density at radius 3 is 2.74 bits per heavy atom. The maximum atomic E-state index is 10.8. The molecule has 0 radical (unpaired) electrons. The van der Waals surface area contributed by atoms with Gasteiger partial charge in [-0.1, -0.05) is 19.1 Å². The van der Waals surface area contributed by atoms with Crippen LogP contribution in [0.4, 0.5) is 0 Å². The van der Waals surface area contributed by atoms with Crippen molar-refractivity contribution in [2.45, 2.75) is 39.4 Å². The van der Waals surface area contributed by atoms with Gasteiger partial charge in [0, 0.05) is 19.1 Å². The van der Waals surface area contributed by atoms with Crippen LogP contribution in [0.5, 0.6) is 5.75 Å². The minimum absolute atomic E-state index is 0.0898. The molecule has 0 spiro atoms. The van der Waals surface area contributed by atoms with Gasteiger partial charge in [-0.3, -0.25) is 9.69 Å². The van der Waals surface area contributed by atoms with Gasteiger partial charge in [0.2, 0.25) is 0 Å². The van der Waals surface area contributed by atoms with Crippen LogP contribution >= 0.6 is 11.3 Å². The number of amides is 1. The van der Waals surface area contributed by atoms with Crippen LogP contribution in [0.3, 0.4) is 0 Å². The Morgan fingerprint density at radius 2 is 2.09 bits per heavy atom. The number of carbonyl (C=O) groups excluding carboxylic acids is 1. The fourth-order valence-corrected chi connectivity index (χ4v) is 3.03. The van der Waals surface area contributed by atoms with E-state index in [4.69, 9.17) is 10.5 Å². The molecule has 1 aromatic carbocycles. The molecule has 2 aromatic rings. The molecule has 0 aliphatic rings. The van der Waals surface area contributed by atoms with Gasteiger partial charge in [-0.25, -0.2) is 0 Å². The van der Waals surface area contributed by atoms with Crippen LogP contribution in [0.2, 0.25) is 0 Å². The summed E-state index contributed by atoms with van der Waals surface area (Å²) in [5.41, 5.74) is 7.63. The highest BCUT2D eigenvalue weighted by atomic mass is 32.1. The lowest BCUT2D eigenvalue weighted by Gasteiger charge is -2.28. The maximum absolute atomic E-state index is 10.8. The number of hydrogen-bond donors (Lipinski definition) is 1. The number of carbonyl (C=O) groups is 1. The number of thiophene rings is 1. The van der Waals surface area contributed by atoms with E-state index in [2.05, 4.69) is 41.6 Å². The number of ether oxygens (including phenoxy) is 1. The third-order valence-electron chi connectivity index (χ3n) is 3.85. The minimum atomic E-state index is -0.464. The van der Waals surface area contributed by atoms with E-state index in [1.165, 1.54) is 11.1 Å². The summed E-state index contributed by atoms with van der Waals surface area (Å²) in [5, 5.41) is 4.31. The zero-order chi connectivity index (χ0) is 16.7. The first-order valence-corrected chi connectivity index (χ1v) is 8.78. The molecule has 124 valence electrons. The van der Waals surface area contributed by atoms with Crippen molar-refractivity contribution in [1.82, 2.24) is 4.90 Å². The monoisotopic (exact) mass is 332 g/mol. The van der Waals surface area contributed by atoms with Crippen molar-refractivity contribution in [1.29, 1.82) is 0 Å². The van der Waals surface area contributed by atoms with Crippen LogP contribution in [0.25, 0.3) is 0 Å². The second-order valence-electron chi connectivity index (χ2n) is 5.70. The standard InChI is InChI=1S/C18H24N2O2S/c1-3-14(2)20(11-16-7-8-23-13-16)10-15-5-4-6-17(9-15)22-12-18(19)21/h4-9,13-14H,3,10-12H2,1-2H3,(H2,19,21)/t14-/m1/s1. The van der Waals surface area contributed by atoms with Crippen LogP contribution in [-0.4, -0.2) is 23.5 Å². The van der Waals surface area contributed by atoms with E-state index in [1.54, 1.807) is 11.3 Å². The summed E-state index contributed by atoms with van der Waals surface area (Å²) < 4.78 is 5.39. The van der Waals surface area contributed by atoms with Gasteiger partial charge in [-0.15, -0.1) is 0 Å². The second-order valence-corrected chi connectivity index (χ2v) is 6.48. The molecule has 5 heteroatoms. The van der Waals surface area contributed by atoms with Gasteiger partial charge in [0.25, 0.3) is 5.91 Å². The molecule has 0 aliphatic heterocycles. The number of rotatable bonds is 9. The molecule has 23 heavy (non-hydrogen) atoms. The molecular weight excluding hydrogens is 308 g/mol. The average molecular weight is 332 g/mol. The van der Waals surface area contributed by atoms with Crippen molar-refractivity contribution < 1.29 is 9.53 Å². The average Bonchev–Trinajstić information content (AvgIpc) is 3.05. The van der Waals surface area contributed by atoms with Crippen LogP contribution in [0, 0.1) is 0 Å². The van der Waals surface area contributed by atoms with E-state index in [1.807, 2.05) is 18.2 Å². The van der Waals surface area contributed by atoms with E-state index < -0.39 is 5.91 Å². The van der Waals surface area contributed by atoms with Crippen molar-refractivity contribution in [2.75, 3.05) is 6.61 Å². The van der Waals surface area contributed by atoms with E-state index in [0.29, 0.717) is 11.8 Å². The highest BCUT2D eigenvalue weighted by Crippen LogP contribution is 2.19. The number of nitrogens with zero attached hydrogens (tertiary/aromatic N) is 1. The molecule has 1 aromatic heterocycles. The molecule has 1 heterocycles. The summed E-state index contributed by atoms with van der Waals surface area (Å²) in [5.74, 6) is 0.218. The minimum Gasteiger partial charge on any atom is -0.484 e. The number of hydrogen-bond acceptors (Lipinski definition) is 4. The topological polar surface area (TPSA) is 55.6 Å². The fourth-order valence-electron chi connectivity index (χ4n) is 2.37. The van der Waals surface area contributed by atoms with Crippen LogP contribution in [0.15, 0.2) is 41.1 Å². The van der Waals surface area contributed by atoms with Crippen molar-refractivity contribution in [3.63, 3.8) is 0 Å². The molecule has 0 bridgehead atoms. The summed E-state index contributed by atoms with van der Waals surface area (Å²) in [6.45, 7) is 6.15. The quantitative estimate of drug-likeness (QED) is 0.765. The Balaban J connectivity index is 2.06. The Bertz CT molecular complexity index is 613. The molecule has 0 saturated carbocycles. The molecule has 0 aliphatic carbocycles. The van der Waals surface area contributed by atoms with Gasteiger partial charge in [0.05, 0.1) is 0 Å². The zero-order valence-corrected chi connectivity index (χ0v) is 14.5. The van der Waals surface area contributed by atoms with Crippen LogP contribution < -0.4 is 10.5 Å². The number of benzene rings is 1. The van der Waals surface area contributed by atoms with Crippen molar-refractivity contribution in [3.8, 4) is 5.75 Å². The lowest BCUT2D eigenvalue weighted by molar-refractivity contribution is -0.119. The summed E-state index contributed by atoms with van der Waals surface area (Å²) in [7, 11) is 0. The number of nitrogens with two attached hydrogens (primary N) is 1. The maximum Gasteiger partial charge on any atom is 0.255 e. The van der Waals surface area contributed by atoms with E-state index in [-0.39, 0.29) is 6.61 Å². The molecule has 1 atom stereocenters. The van der Waals surface area contributed by atoms with E-state index in [0.717, 1.165) is 19.5 Å². The Hall–Kier alpha value is -1.85. The molecule has 1 amide bonds. The molecule has 0 fully saturated rings. The zero-order valence-electron chi connectivity index (χ0n) is 13.7. The normalized spacial score (nSPS) is 12.3. The summed E-state index contributed by atoms with van der Waals surface area (Å²) >= 11 is 1.73. The van der Waals surface area contributed by atoms with E-state index in [9.17, 15) is 4.79 Å². The Kier molecular flexibility index (Phi) is 6.62. The lowest BCUT2D eigenvalue weighted by Crippen LogP contribution is -2.31. The van der Waals surface area contributed by atoms with Gasteiger partial charge in [0.15, 0.2) is 6.61 Å². The SMILES string of the molecule is CC[C@@H](C)N(Cc1ccsc1)Cc1cccc(OCC(N)=O)c1. The molecular formula is C18H24N2O2S. The molecule has 2 rings (SSSR count). The first-order valence-electron chi connectivity index (χ1n) is 7.83. The Labute approximate surface area is 141 Å². The van der Waals surface area contributed by atoms with Crippen molar-refractivity contribution >= 4 is 17.2 Å². The van der Waals surface area contributed by atoms with Crippen LogP contribution in [0.1, 0.15) is 31.4 Å². The third-order valence-corrected chi connectivity index (χ3v) is 4.58. The third kappa shape index (κ3) is 5.69. The molecule has 0 saturated heterocycles. The van der Waals surface area contributed by atoms with Gasteiger partial charge in [0.1, 0.15) is 5.75 Å². The smallest absolute Gasteiger partial charge is 0.255 e.